The number of imidazole rings is 1. The Morgan fingerprint density at radius 1 is 1.02 bits per heavy atom. The third-order valence-electron chi connectivity index (χ3n) is 6.95. The predicted molar refractivity (Wildman–Crippen MR) is 162 cm³/mol. The fraction of sp³-hybridized carbons (Fsp3) is 0.375. The van der Waals surface area contributed by atoms with Crippen LogP contribution in [-0.4, -0.2) is 27.9 Å². The molecule has 4 aromatic rings. The lowest BCUT2D eigenvalue weighted by Crippen LogP contribution is -2.31. The van der Waals surface area contributed by atoms with Gasteiger partial charge >= 0.3 is 0 Å². The molecule has 0 unspecified atom stereocenters. The molecule has 208 valence electrons. The molecule has 40 heavy (non-hydrogen) atoms. The molecular formula is C32H37N5O2S. The van der Waals surface area contributed by atoms with Crippen LogP contribution in [0.3, 0.4) is 0 Å². The minimum atomic E-state index is -0.0493. The van der Waals surface area contributed by atoms with Crippen LogP contribution in [0.4, 0.5) is 5.69 Å². The van der Waals surface area contributed by atoms with E-state index in [1.165, 1.54) is 11.3 Å². The van der Waals surface area contributed by atoms with Gasteiger partial charge in [-0.1, -0.05) is 51.7 Å². The van der Waals surface area contributed by atoms with E-state index in [0.717, 1.165) is 65.6 Å². The summed E-state index contributed by atoms with van der Waals surface area (Å²) in [4.78, 5) is 33.1. The number of carbonyl (C=O) groups excluding carboxylic acids is 2. The second kappa shape index (κ2) is 14.4. The molecule has 1 N–H and O–H groups in total. The van der Waals surface area contributed by atoms with Crippen molar-refractivity contribution in [2.75, 3.05) is 11.4 Å². The van der Waals surface area contributed by atoms with Gasteiger partial charge in [0.05, 0.1) is 35.1 Å². The van der Waals surface area contributed by atoms with Crippen molar-refractivity contribution < 1.29 is 9.59 Å². The highest BCUT2D eigenvalue weighted by Crippen LogP contribution is 2.31. The summed E-state index contributed by atoms with van der Waals surface area (Å²) >= 11 is 1.47. The SMILES string of the molecule is CCCCCCC(=O)N(Cc1cncn1Cc1ccc(C#N)cc1)c1ccc2sc(C(=O)NCCCC)cc2c1. The van der Waals surface area contributed by atoms with Crippen LogP contribution >= 0.6 is 11.3 Å². The molecule has 0 spiro atoms. The third kappa shape index (κ3) is 7.57. The van der Waals surface area contributed by atoms with E-state index in [1.54, 1.807) is 6.33 Å². The summed E-state index contributed by atoms with van der Waals surface area (Å²) in [5.41, 5.74) is 3.42. The average molecular weight is 556 g/mol. The topological polar surface area (TPSA) is 91.0 Å². The number of aromatic nitrogens is 2. The first-order valence-corrected chi connectivity index (χ1v) is 14.9. The van der Waals surface area contributed by atoms with Gasteiger partial charge in [-0.25, -0.2) is 4.98 Å². The summed E-state index contributed by atoms with van der Waals surface area (Å²) in [6.45, 7) is 5.93. The van der Waals surface area contributed by atoms with Gasteiger partial charge in [0.25, 0.3) is 5.91 Å². The number of thiophene rings is 1. The predicted octanol–water partition coefficient (Wildman–Crippen LogP) is 7.05. The Labute approximate surface area is 240 Å². The molecule has 2 aromatic heterocycles. The number of carbonyl (C=O) groups is 2. The first-order chi connectivity index (χ1) is 19.5. The van der Waals surface area contributed by atoms with E-state index in [9.17, 15) is 9.59 Å². The Bertz CT molecular complexity index is 1460. The Morgan fingerprint density at radius 3 is 2.58 bits per heavy atom. The van der Waals surface area contributed by atoms with Crippen LogP contribution < -0.4 is 10.2 Å². The number of fused-ring (bicyclic) bond motifs is 1. The van der Waals surface area contributed by atoms with Gasteiger partial charge in [0.15, 0.2) is 0 Å². The number of unbranched alkanes of at least 4 members (excludes halogenated alkanes) is 4. The highest BCUT2D eigenvalue weighted by atomic mass is 32.1. The van der Waals surface area contributed by atoms with Crippen molar-refractivity contribution in [1.29, 1.82) is 5.26 Å². The summed E-state index contributed by atoms with van der Waals surface area (Å²) in [5, 5.41) is 13.0. The number of hydrogen-bond acceptors (Lipinski definition) is 5. The van der Waals surface area contributed by atoms with Crippen molar-refractivity contribution in [2.24, 2.45) is 0 Å². The highest BCUT2D eigenvalue weighted by Gasteiger charge is 2.20. The summed E-state index contributed by atoms with van der Waals surface area (Å²) in [7, 11) is 0. The van der Waals surface area contributed by atoms with Crippen LogP contribution in [0.15, 0.2) is 61.1 Å². The Hall–Kier alpha value is -3.96. The Balaban J connectivity index is 1.57. The monoisotopic (exact) mass is 555 g/mol. The Morgan fingerprint density at radius 2 is 1.82 bits per heavy atom. The van der Waals surface area contributed by atoms with Gasteiger partial charge in [0.2, 0.25) is 5.91 Å². The van der Waals surface area contributed by atoms with Gasteiger partial charge in [-0.2, -0.15) is 5.26 Å². The number of anilines is 1. The molecule has 0 aliphatic heterocycles. The van der Waals surface area contributed by atoms with Crippen molar-refractivity contribution in [3.63, 3.8) is 0 Å². The van der Waals surface area contributed by atoms with E-state index in [2.05, 4.69) is 30.2 Å². The van der Waals surface area contributed by atoms with Crippen LogP contribution in [0.25, 0.3) is 10.1 Å². The standard InChI is InChI=1S/C32H37N5O2S/c1-3-5-7-8-9-31(38)37(22-28-20-34-23-36(28)21-25-12-10-24(19-33)11-13-25)27-14-15-29-26(17-27)18-30(40-29)32(39)35-16-6-4-2/h10-15,17-18,20,23H,3-9,16,21-22H2,1-2H3,(H,35,39). The molecule has 2 heterocycles. The van der Waals surface area contributed by atoms with E-state index in [0.29, 0.717) is 36.5 Å². The molecule has 4 rings (SSSR count). The van der Waals surface area contributed by atoms with E-state index in [1.807, 2.05) is 64.2 Å². The molecule has 0 aliphatic carbocycles. The van der Waals surface area contributed by atoms with Gasteiger partial charge < -0.3 is 14.8 Å². The maximum absolute atomic E-state index is 13.6. The molecule has 0 fully saturated rings. The normalized spacial score (nSPS) is 10.9. The zero-order valence-electron chi connectivity index (χ0n) is 23.4. The van der Waals surface area contributed by atoms with Crippen LogP contribution in [0.1, 0.15) is 85.3 Å². The lowest BCUT2D eigenvalue weighted by atomic mass is 10.1. The quantitative estimate of drug-likeness (QED) is 0.169. The van der Waals surface area contributed by atoms with Gasteiger partial charge in [0.1, 0.15) is 0 Å². The van der Waals surface area contributed by atoms with Crippen molar-refractivity contribution in [1.82, 2.24) is 14.9 Å². The highest BCUT2D eigenvalue weighted by molar-refractivity contribution is 7.20. The number of rotatable bonds is 14. The molecule has 0 radical (unpaired) electrons. The van der Waals surface area contributed by atoms with Crippen molar-refractivity contribution in [3.05, 3.63) is 82.8 Å². The second-order valence-corrected chi connectivity index (χ2v) is 11.1. The smallest absolute Gasteiger partial charge is 0.261 e. The summed E-state index contributed by atoms with van der Waals surface area (Å²) in [6, 6.07) is 17.6. The molecule has 2 amide bonds. The molecular weight excluding hydrogens is 518 g/mol. The third-order valence-corrected chi connectivity index (χ3v) is 8.07. The van der Waals surface area contributed by atoms with Gasteiger partial charge in [0, 0.05) is 36.1 Å². The average Bonchev–Trinajstić information content (AvgIpc) is 3.60. The van der Waals surface area contributed by atoms with Crippen LogP contribution in [0.5, 0.6) is 0 Å². The molecule has 0 aliphatic rings. The lowest BCUT2D eigenvalue weighted by Gasteiger charge is -2.24. The van der Waals surface area contributed by atoms with Crippen LogP contribution in [0.2, 0.25) is 0 Å². The minimum absolute atomic E-state index is 0.0493. The maximum atomic E-state index is 13.6. The fourth-order valence-corrected chi connectivity index (χ4v) is 5.56. The molecule has 2 aromatic carbocycles. The first kappa shape index (κ1) is 29.0. The summed E-state index contributed by atoms with van der Waals surface area (Å²) in [5.74, 6) is 0.0288. The van der Waals surface area contributed by atoms with Crippen molar-refractivity contribution >= 4 is 38.9 Å². The van der Waals surface area contributed by atoms with Crippen molar-refractivity contribution in [3.8, 4) is 6.07 Å². The lowest BCUT2D eigenvalue weighted by molar-refractivity contribution is -0.118. The zero-order valence-corrected chi connectivity index (χ0v) is 24.2. The largest absolute Gasteiger partial charge is 0.351 e. The van der Waals surface area contributed by atoms with Gasteiger partial charge in [-0.05, 0) is 60.2 Å². The number of nitriles is 1. The number of benzene rings is 2. The Kier molecular flexibility index (Phi) is 10.5. The van der Waals surface area contributed by atoms with Gasteiger partial charge in [-0.15, -0.1) is 11.3 Å². The van der Waals surface area contributed by atoms with Gasteiger partial charge in [-0.3, -0.25) is 9.59 Å². The molecule has 8 heteroatoms. The van der Waals surface area contributed by atoms with Crippen molar-refractivity contribution in [2.45, 2.75) is 71.9 Å². The van der Waals surface area contributed by atoms with E-state index in [-0.39, 0.29) is 11.8 Å². The molecule has 0 saturated carbocycles. The number of nitrogens with one attached hydrogen (secondary N) is 1. The number of nitrogens with zero attached hydrogens (tertiary/aromatic N) is 4. The van der Waals surface area contributed by atoms with Crippen LogP contribution in [-0.2, 0) is 17.9 Å². The molecule has 0 bridgehead atoms. The molecule has 0 atom stereocenters. The zero-order chi connectivity index (χ0) is 28.3. The minimum Gasteiger partial charge on any atom is -0.351 e. The number of amides is 2. The van der Waals surface area contributed by atoms with E-state index < -0.39 is 0 Å². The fourth-order valence-electron chi connectivity index (χ4n) is 4.60. The first-order valence-electron chi connectivity index (χ1n) is 14.1. The molecule has 0 saturated heterocycles. The molecule has 7 nitrogen and oxygen atoms in total. The van der Waals surface area contributed by atoms with E-state index in [4.69, 9.17) is 5.26 Å². The summed E-state index contributed by atoms with van der Waals surface area (Å²) in [6.07, 6.45) is 10.2. The van der Waals surface area contributed by atoms with E-state index >= 15 is 0 Å². The second-order valence-electron chi connectivity index (χ2n) is 10.1. The van der Waals surface area contributed by atoms with Crippen LogP contribution in [0, 0.1) is 11.3 Å². The maximum Gasteiger partial charge on any atom is 0.261 e. The summed E-state index contributed by atoms with van der Waals surface area (Å²) < 4.78 is 3.06. The number of hydrogen-bond donors (Lipinski definition) is 1.